The van der Waals surface area contributed by atoms with Crippen molar-refractivity contribution in [2.45, 2.75) is 12.4 Å². The quantitative estimate of drug-likeness (QED) is 0.153. The molecular weight excluding hydrogens is 630 g/mol. The average Bonchev–Trinajstić information content (AvgIpc) is 3.08. The molecule has 0 aliphatic rings. The maximum absolute atomic E-state index is 15.6. The molecule has 0 aliphatic heterocycles. The molecule has 0 fully saturated rings. The number of ether oxygens (including phenoxy) is 3. The molecule has 0 aliphatic carbocycles. The summed E-state index contributed by atoms with van der Waals surface area (Å²) in [6.07, 6.45) is -10.1. The van der Waals surface area contributed by atoms with E-state index >= 15 is 13.2 Å². The zero-order valence-corrected chi connectivity index (χ0v) is 25.3. The molecule has 6 rings (SSSR count). The molecule has 6 aromatic rings. The predicted molar refractivity (Wildman–Crippen MR) is 172 cm³/mol. The van der Waals surface area contributed by atoms with Gasteiger partial charge in [0.15, 0.2) is 0 Å². The summed E-state index contributed by atoms with van der Waals surface area (Å²) in [5, 5.41) is 0. The summed E-state index contributed by atoms with van der Waals surface area (Å²) in [7, 11) is 1.28. The van der Waals surface area contributed by atoms with Crippen molar-refractivity contribution in [2.75, 3.05) is 7.11 Å². The molecule has 3 nitrogen and oxygen atoms in total. The van der Waals surface area contributed by atoms with E-state index in [2.05, 4.69) is 0 Å². The van der Waals surface area contributed by atoms with E-state index in [1.165, 1.54) is 49.6 Å². The molecule has 9 heteroatoms. The Morgan fingerprint density at radius 1 is 0.458 bits per heavy atom. The number of rotatable bonds is 8. The molecule has 48 heavy (non-hydrogen) atoms. The third kappa shape index (κ3) is 6.71. The number of hydrogen-bond acceptors (Lipinski definition) is 3. The summed E-state index contributed by atoms with van der Waals surface area (Å²) in [5.74, 6) is -0.278. The van der Waals surface area contributed by atoms with Gasteiger partial charge in [-0.2, -0.15) is 26.3 Å². The lowest BCUT2D eigenvalue weighted by Crippen LogP contribution is -2.13. The second-order valence-corrected chi connectivity index (χ2v) is 10.7. The van der Waals surface area contributed by atoms with Crippen molar-refractivity contribution < 1.29 is 40.6 Å². The van der Waals surface area contributed by atoms with Crippen LogP contribution < -0.4 is 14.2 Å². The van der Waals surface area contributed by atoms with Gasteiger partial charge in [-0.3, -0.25) is 0 Å². The number of hydrogen-bond donors (Lipinski definition) is 0. The summed E-state index contributed by atoms with van der Waals surface area (Å²) < 4.78 is 109. The van der Waals surface area contributed by atoms with Crippen LogP contribution in [0.3, 0.4) is 0 Å². The molecule has 0 N–H and O–H groups in total. The maximum atomic E-state index is 15.6. The van der Waals surface area contributed by atoms with Crippen molar-refractivity contribution in [3.8, 4) is 62.1 Å². The standard InChI is InChI=1S/C39H26F6O3/c1-46-34-20-12-11-19-30(34)35-32(29-22-21-28(23-33(29)38(40,41)42)47-26-15-7-3-8-16-26)24-31(25-13-5-2-6-14-25)37(36(35)39(43,44)45)48-27-17-9-4-10-18-27/h2-24H,1H3. The summed E-state index contributed by atoms with van der Waals surface area (Å²) >= 11 is 0. The summed E-state index contributed by atoms with van der Waals surface area (Å²) in [6, 6.07) is 34.6. The van der Waals surface area contributed by atoms with Gasteiger partial charge in [-0.25, -0.2) is 0 Å². The molecular formula is C39H26F6O3. The molecule has 0 heterocycles. The van der Waals surface area contributed by atoms with Gasteiger partial charge in [0, 0.05) is 16.7 Å². The van der Waals surface area contributed by atoms with Crippen LogP contribution in [0.5, 0.6) is 28.7 Å². The fourth-order valence-corrected chi connectivity index (χ4v) is 5.50. The molecule has 0 saturated carbocycles. The highest BCUT2D eigenvalue weighted by atomic mass is 19.4. The minimum absolute atomic E-state index is 0.0277. The third-order valence-corrected chi connectivity index (χ3v) is 7.55. The van der Waals surface area contributed by atoms with E-state index in [0.29, 0.717) is 11.3 Å². The zero-order chi connectivity index (χ0) is 33.9. The number of para-hydroxylation sites is 3. The first-order chi connectivity index (χ1) is 23.0. The topological polar surface area (TPSA) is 27.7 Å². The lowest BCUT2D eigenvalue weighted by Gasteiger charge is -2.26. The Hall–Kier alpha value is -5.70. The van der Waals surface area contributed by atoms with E-state index in [0.717, 1.165) is 12.1 Å². The van der Waals surface area contributed by atoms with Crippen molar-refractivity contribution in [1.82, 2.24) is 0 Å². The number of alkyl halides is 6. The molecule has 0 amide bonds. The fraction of sp³-hybridized carbons (Fsp3) is 0.0769. The molecule has 0 radical (unpaired) electrons. The highest BCUT2D eigenvalue weighted by molar-refractivity contribution is 5.96. The maximum Gasteiger partial charge on any atom is 0.420 e. The molecule has 0 unspecified atom stereocenters. The molecule has 0 atom stereocenters. The van der Waals surface area contributed by atoms with Gasteiger partial charge in [0.25, 0.3) is 0 Å². The van der Waals surface area contributed by atoms with Crippen LogP contribution in [0.4, 0.5) is 26.3 Å². The number of methoxy groups -OCH3 is 1. The average molecular weight is 657 g/mol. The van der Waals surface area contributed by atoms with Crippen molar-refractivity contribution in [3.63, 3.8) is 0 Å². The van der Waals surface area contributed by atoms with Gasteiger partial charge in [-0.1, -0.05) is 91.0 Å². The van der Waals surface area contributed by atoms with Crippen molar-refractivity contribution in [2.24, 2.45) is 0 Å². The summed E-state index contributed by atoms with van der Waals surface area (Å²) in [6.45, 7) is 0. The van der Waals surface area contributed by atoms with Crippen LogP contribution in [-0.4, -0.2) is 7.11 Å². The molecule has 6 aromatic carbocycles. The first kappa shape index (κ1) is 32.2. The van der Waals surface area contributed by atoms with Crippen molar-refractivity contribution >= 4 is 0 Å². The normalized spacial score (nSPS) is 11.6. The van der Waals surface area contributed by atoms with Crippen LogP contribution >= 0.6 is 0 Å². The highest BCUT2D eigenvalue weighted by Gasteiger charge is 2.43. The molecule has 0 aromatic heterocycles. The lowest BCUT2D eigenvalue weighted by molar-refractivity contribution is -0.138. The van der Waals surface area contributed by atoms with Crippen molar-refractivity contribution in [1.29, 1.82) is 0 Å². The summed E-state index contributed by atoms with van der Waals surface area (Å²) in [4.78, 5) is 0. The molecule has 0 bridgehead atoms. The second kappa shape index (κ2) is 13.2. The first-order valence-electron chi connectivity index (χ1n) is 14.7. The van der Waals surface area contributed by atoms with Crippen LogP contribution in [0, 0.1) is 0 Å². The Balaban J connectivity index is 1.74. The smallest absolute Gasteiger partial charge is 0.420 e. The Labute approximate surface area is 272 Å². The molecule has 0 saturated heterocycles. The Bertz CT molecular complexity index is 2020. The minimum Gasteiger partial charge on any atom is -0.496 e. The first-order valence-corrected chi connectivity index (χ1v) is 14.7. The van der Waals surface area contributed by atoms with Crippen LogP contribution in [0.1, 0.15) is 11.1 Å². The third-order valence-electron chi connectivity index (χ3n) is 7.55. The van der Waals surface area contributed by atoms with Gasteiger partial charge < -0.3 is 14.2 Å². The van der Waals surface area contributed by atoms with Crippen molar-refractivity contribution in [3.05, 3.63) is 151 Å². The lowest BCUT2D eigenvalue weighted by atomic mass is 9.84. The van der Waals surface area contributed by atoms with Crippen LogP contribution in [0.2, 0.25) is 0 Å². The van der Waals surface area contributed by atoms with E-state index in [9.17, 15) is 13.2 Å². The van der Waals surface area contributed by atoms with Gasteiger partial charge in [0.1, 0.15) is 34.3 Å². The second-order valence-electron chi connectivity index (χ2n) is 10.7. The monoisotopic (exact) mass is 656 g/mol. The zero-order valence-electron chi connectivity index (χ0n) is 25.3. The van der Waals surface area contributed by atoms with E-state index < -0.39 is 40.4 Å². The number of halogens is 6. The van der Waals surface area contributed by atoms with Gasteiger partial charge in [-0.05, 0) is 65.2 Å². The van der Waals surface area contributed by atoms with E-state index in [1.54, 1.807) is 84.9 Å². The minimum atomic E-state index is -5.10. The van der Waals surface area contributed by atoms with Crippen LogP contribution in [0.25, 0.3) is 33.4 Å². The number of benzene rings is 6. The van der Waals surface area contributed by atoms with Crippen LogP contribution in [0.15, 0.2) is 140 Å². The van der Waals surface area contributed by atoms with E-state index in [1.807, 2.05) is 0 Å². The summed E-state index contributed by atoms with van der Waals surface area (Å²) in [5.41, 5.74) is -3.62. The molecule has 242 valence electrons. The Morgan fingerprint density at radius 3 is 1.60 bits per heavy atom. The Morgan fingerprint density at radius 2 is 1.02 bits per heavy atom. The van der Waals surface area contributed by atoms with Gasteiger partial charge >= 0.3 is 12.4 Å². The van der Waals surface area contributed by atoms with E-state index in [4.69, 9.17) is 14.2 Å². The van der Waals surface area contributed by atoms with Gasteiger partial charge in [0.2, 0.25) is 0 Å². The Kier molecular flexibility index (Phi) is 8.86. The molecule has 0 spiro atoms. The van der Waals surface area contributed by atoms with Gasteiger partial charge in [0.05, 0.1) is 12.7 Å². The fourth-order valence-electron chi connectivity index (χ4n) is 5.50. The van der Waals surface area contributed by atoms with Crippen LogP contribution in [-0.2, 0) is 12.4 Å². The van der Waals surface area contributed by atoms with Gasteiger partial charge in [-0.15, -0.1) is 0 Å². The van der Waals surface area contributed by atoms with E-state index in [-0.39, 0.29) is 33.9 Å². The highest BCUT2D eigenvalue weighted by Crippen LogP contribution is 2.55. The predicted octanol–water partition coefficient (Wildman–Crippen LogP) is 12.3. The SMILES string of the molecule is COc1ccccc1-c1c(-c2ccc(Oc3ccccc3)cc2C(F)(F)F)cc(-c2ccccc2)c(Oc2ccccc2)c1C(F)(F)F. The largest absolute Gasteiger partial charge is 0.496 e.